The van der Waals surface area contributed by atoms with Crippen LogP contribution >= 0.6 is 0 Å². The smallest absolute Gasteiger partial charge is 0.266 e. The van der Waals surface area contributed by atoms with Gasteiger partial charge in [-0.15, -0.1) is 10.2 Å². The Hall–Kier alpha value is -3.15. The molecule has 0 spiro atoms. The first kappa shape index (κ1) is 13.5. The summed E-state index contributed by atoms with van der Waals surface area (Å²) in [5, 5.41) is 8.34. The van der Waals surface area contributed by atoms with E-state index in [1.165, 1.54) is 0 Å². The molecule has 0 atom stereocenters. The first-order valence-corrected chi connectivity index (χ1v) is 7.18. The molecular weight excluding hydrogens is 292 g/mol. The average molecular weight is 306 g/mol. The lowest BCUT2D eigenvalue weighted by atomic mass is 10.2. The van der Waals surface area contributed by atoms with Crippen LogP contribution in [0.15, 0.2) is 53.1 Å². The summed E-state index contributed by atoms with van der Waals surface area (Å²) < 4.78 is 13.0. The van der Waals surface area contributed by atoms with Gasteiger partial charge in [0.25, 0.3) is 5.89 Å². The number of methoxy groups -OCH3 is 1. The maximum atomic E-state index is 5.86. The Kier molecular flexibility index (Phi) is 3.08. The van der Waals surface area contributed by atoms with Gasteiger partial charge in [0.05, 0.1) is 12.8 Å². The van der Waals surface area contributed by atoms with E-state index in [1.807, 2.05) is 60.0 Å². The number of hydrogen-bond donors (Lipinski definition) is 0. The van der Waals surface area contributed by atoms with E-state index in [1.54, 1.807) is 7.11 Å². The molecule has 0 fully saturated rings. The van der Waals surface area contributed by atoms with E-state index in [4.69, 9.17) is 9.15 Å². The second-order valence-electron chi connectivity index (χ2n) is 5.12. The van der Waals surface area contributed by atoms with Gasteiger partial charge in [0.15, 0.2) is 0 Å². The molecule has 114 valence electrons. The molecule has 0 amide bonds. The van der Waals surface area contributed by atoms with E-state index < -0.39 is 0 Å². The van der Waals surface area contributed by atoms with E-state index in [-0.39, 0.29) is 0 Å². The minimum Gasteiger partial charge on any atom is -0.497 e. The molecule has 23 heavy (non-hydrogen) atoms. The minimum absolute atomic E-state index is 0.444. The van der Waals surface area contributed by atoms with Crippen molar-refractivity contribution in [3.8, 4) is 28.8 Å². The van der Waals surface area contributed by atoms with Crippen molar-refractivity contribution in [2.45, 2.75) is 6.92 Å². The van der Waals surface area contributed by atoms with Crippen molar-refractivity contribution < 1.29 is 9.15 Å². The van der Waals surface area contributed by atoms with Crippen molar-refractivity contribution in [1.82, 2.24) is 19.6 Å². The maximum Gasteiger partial charge on any atom is 0.266 e. The molecule has 0 bridgehead atoms. The van der Waals surface area contributed by atoms with Gasteiger partial charge in [0.2, 0.25) is 5.89 Å². The van der Waals surface area contributed by atoms with Crippen LogP contribution in [-0.2, 0) is 0 Å². The van der Waals surface area contributed by atoms with Gasteiger partial charge in [-0.1, -0.05) is 12.1 Å². The van der Waals surface area contributed by atoms with E-state index in [0.717, 1.165) is 28.3 Å². The van der Waals surface area contributed by atoms with Crippen molar-refractivity contribution in [2.24, 2.45) is 0 Å². The van der Waals surface area contributed by atoms with Crippen molar-refractivity contribution in [2.75, 3.05) is 7.11 Å². The Labute approximate surface area is 132 Å². The van der Waals surface area contributed by atoms with Crippen molar-refractivity contribution in [3.05, 3.63) is 54.4 Å². The lowest BCUT2D eigenvalue weighted by molar-refractivity contribution is 0.415. The molecule has 0 radical (unpaired) electrons. The molecule has 3 aromatic heterocycles. The summed E-state index contributed by atoms with van der Waals surface area (Å²) in [6.07, 6.45) is 1.93. The van der Waals surface area contributed by atoms with Crippen LogP contribution in [0.25, 0.3) is 28.7 Å². The number of benzene rings is 1. The summed E-state index contributed by atoms with van der Waals surface area (Å²) in [6, 6.07) is 13.3. The molecule has 6 nitrogen and oxygen atoms in total. The normalized spacial score (nSPS) is 11.0. The van der Waals surface area contributed by atoms with Crippen LogP contribution in [0.2, 0.25) is 0 Å². The van der Waals surface area contributed by atoms with Gasteiger partial charge in [-0.2, -0.15) is 0 Å². The van der Waals surface area contributed by atoms with Gasteiger partial charge in [0, 0.05) is 11.8 Å². The van der Waals surface area contributed by atoms with Crippen LogP contribution < -0.4 is 4.74 Å². The van der Waals surface area contributed by atoms with Crippen molar-refractivity contribution >= 4 is 5.65 Å². The second kappa shape index (κ2) is 5.24. The molecule has 0 unspecified atom stereocenters. The Balaban J connectivity index is 1.82. The summed E-state index contributed by atoms with van der Waals surface area (Å²) in [4.78, 5) is 4.51. The van der Waals surface area contributed by atoms with Crippen molar-refractivity contribution in [1.29, 1.82) is 0 Å². The van der Waals surface area contributed by atoms with E-state index in [0.29, 0.717) is 11.8 Å². The fourth-order valence-electron chi connectivity index (χ4n) is 2.56. The second-order valence-corrected chi connectivity index (χ2v) is 5.12. The first-order chi connectivity index (χ1) is 11.3. The third kappa shape index (κ3) is 2.24. The zero-order valence-electron chi connectivity index (χ0n) is 12.7. The number of aryl methyl sites for hydroxylation is 1. The summed E-state index contributed by atoms with van der Waals surface area (Å²) >= 11 is 0. The van der Waals surface area contributed by atoms with Crippen LogP contribution in [0.1, 0.15) is 5.69 Å². The van der Waals surface area contributed by atoms with Gasteiger partial charge in [-0.25, -0.2) is 4.98 Å². The predicted octanol–water partition coefficient (Wildman–Crippen LogP) is 3.37. The standard InChI is InChI=1S/C17H14N4O2/c1-11-15(21-9-4-3-8-14(21)18-11)17-20-19-16(23-17)12-6-5-7-13(10-12)22-2/h3-10H,1-2H3. The van der Waals surface area contributed by atoms with Gasteiger partial charge >= 0.3 is 0 Å². The van der Waals surface area contributed by atoms with Crippen LogP contribution in [0.5, 0.6) is 5.75 Å². The number of nitrogens with zero attached hydrogens (tertiary/aromatic N) is 4. The largest absolute Gasteiger partial charge is 0.497 e. The highest BCUT2D eigenvalue weighted by molar-refractivity contribution is 5.62. The minimum atomic E-state index is 0.444. The molecule has 0 saturated carbocycles. The fourth-order valence-corrected chi connectivity index (χ4v) is 2.56. The van der Waals surface area contributed by atoms with Gasteiger partial charge in [-0.05, 0) is 37.3 Å². The van der Waals surface area contributed by atoms with Gasteiger partial charge in [0.1, 0.15) is 17.1 Å². The van der Waals surface area contributed by atoms with Crippen LogP contribution in [0.3, 0.4) is 0 Å². The maximum absolute atomic E-state index is 5.86. The summed E-state index contributed by atoms with van der Waals surface area (Å²) in [6.45, 7) is 1.93. The van der Waals surface area contributed by atoms with E-state index >= 15 is 0 Å². The van der Waals surface area contributed by atoms with Gasteiger partial charge in [-0.3, -0.25) is 4.40 Å². The molecule has 6 heteroatoms. The highest BCUT2D eigenvalue weighted by Crippen LogP contribution is 2.28. The molecule has 0 aliphatic heterocycles. The SMILES string of the molecule is COc1cccc(-c2nnc(-c3c(C)nc4ccccn34)o2)c1. The summed E-state index contributed by atoms with van der Waals surface area (Å²) in [7, 11) is 1.63. The Morgan fingerprint density at radius 3 is 2.78 bits per heavy atom. The topological polar surface area (TPSA) is 65.5 Å². The Morgan fingerprint density at radius 1 is 1.04 bits per heavy atom. The Bertz CT molecular complexity index is 987. The number of imidazole rings is 1. The highest BCUT2D eigenvalue weighted by atomic mass is 16.5. The molecule has 0 aliphatic rings. The molecule has 0 aliphatic carbocycles. The number of hydrogen-bond acceptors (Lipinski definition) is 5. The third-order valence-corrected chi connectivity index (χ3v) is 3.65. The average Bonchev–Trinajstić information content (AvgIpc) is 3.18. The van der Waals surface area contributed by atoms with Crippen LogP contribution in [0.4, 0.5) is 0 Å². The zero-order chi connectivity index (χ0) is 15.8. The number of aromatic nitrogens is 4. The van der Waals surface area contributed by atoms with Crippen molar-refractivity contribution in [3.63, 3.8) is 0 Å². The van der Waals surface area contributed by atoms with E-state index in [9.17, 15) is 0 Å². The molecule has 0 N–H and O–H groups in total. The fraction of sp³-hybridized carbons (Fsp3) is 0.118. The number of fused-ring (bicyclic) bond motifs is 1. The summed E-state index contributed by atoms with van der Waals surface area (Å²) in [5.41, 5.74) is 3.31. The lowest BCUT2D eigenvalue weighted by Gasteiger charge is -2.00. The first-order valence-electron chi connectivity index (χ1n) is 7.18. The van der Waals surface area contributed by atoms with Gasteiger partial charge < -0.3 is 9.15 Å². The monoisotopic (exact) mass is 306 g/mol. The number of rotatable bonds is 3. The summed E-state index contributed by atoms with van der Waals surface area (Å²) in [5.74, 6) is 1.64. The quantitative estimate of drug-likeness (QED) is 0.580. The predicted molar refractivity (Wildman–Crippen MR) is 85.2 cm³/mol. The molecule has 1 aromatic carbocycles. The molecule has 0 saturated heterocycles. The number of ether oxygens (including phenoxy) is 1. The van der Waals surface area contributed by atoms with E-state index in [2.05, 4.69) is 15.2 Å². The Morgan fingerprint density at radius 2 is 1.91 bits per heavy atom. The van der Waals surface area contributed by atoms with Crippen LogP contribution in [0, 0.1) is 6.92 Å². The van der Waals surface area contributed by atoms with Crippen LogP contribution in [-0.4, -0.2) is 26.7 Å². The third-order valence-electron chi connectivity index (χ3n) is 3.65. The number of pyridine rings is 1. The molecule has 4 aromatic rings. The molecule has 3 heterocycles. The molecular formula is C17H14N4O2. The molecule has 4 rings (SSSR count). The highest BCUT2D eigenvalue weighted by Gasteiger charge is 2.17. The zero-order valence-corrected chi connectivity index (χ0v) is 12.7. The lowest BCUT2D eigenvalue weighted by Crippen LogP contribution is -1.88.